The number of hydrogen-bond acceptors (Lipinski definition) is 0. The van der Waals surface area contributed by atoms with Gasteiger partial charge in [0.25, 0.3) is 0 Å². The minimum absolute atomic E-state index is 0.464. The van der Waals surface area contributed by atoms with Gasteiger partial charge in [-0.3, -0.25) is 0 Å². The van der Waals surface area contributed by atoms with Crippen molar-refractivity contribution in [1.29, 1.82) is 0 Å². The van der Waals surface area contributed by atoms with E-state index in [1.54, 1.807) is 12.1 Å². The molecule has 2 aromatic rings. The normalized spacial score (nSPS) is 12.6. The van der Waals surface area contributed by atoms with Crippen molar-refractivity contribution in [1.82, 2.24) is 0 Å². The van der Waals surface area contributed by atoms with Crippen LogP contribution in [0.4, 0.5) is 0 Å². The van der Waals surface area contributed by atoms with Crippen LogP contribution in [-0.2, 0) is 0 Å². The first kappa shape index (κ1) is 7.47. The molecule has 0 atom stereocenters. The third kappa shape index (κ3) is 2.81. The van der Waals surface area contributed by atoms with E-state index in [-0.39, 0.29) is 0 Å². The summed E-state index contributed by atoms with van der Waals surface area (Å²) in [6.07, 6.45) is 3.84. The van der Waals surface area contributed by atoms with Gasteiger partial charge in [-0.15, -0.1) is 0 Å². The molecule has 15 heavy (non-hydrogen) atoms. The van der Waals surface area contributed by atoms with E-state index in [9.17, 15) is 0 Å². The van der Waals surface area contributed by atoms with Crippen LogP contribution in [0.1, 0.15) is 19.4 Å². The lowest BCUT2D eigenvalue weighted by atomic mass is 10.1. The Morgan fingerprint density at radius 2 is 1.60 bits per heavy atom. The van der Waals surface area contributed by atoms with Crippen LogP contribution >= 0.6 is 0 Å². The zero-order chi connectivity index (χ0) is 12.3. The Hall–Kier alpha value is -1.82. The van der Waals surface area contributed by atoms with Crippen LogP contribution in [0.2, 0.25) is 0 Å². The van der Waals surface area contributed by atoms with E-state index in [1.807, 2.05) is 49.4 Å². The highest BCUT2D eigenvalue weighted by Gasteiger charge is 1.87. The predicted molar refractivity (Wildman–Crippen MR) is 66.5 cm³/mol. The van der Waals surface area contributed by atoms with Crippen LogP contribution in [0.3, 0.4) is 0 Å². The quantitative estimate of drug-likeness (QED) is 0.635. The molecule has 0 nitrogen and oxygen atoms in total. The van der Waals surface area contributed by atoms with E-state index in [1.165, 1.54) is 0 Å². The molecular formula is C15H14. The molecule has 0 amide bonds. The lowest BCUT2D eigenvalue weighted by molar-refractivity contribution is 1.46. The largest absolute Gasteiger partial charge is 0.0629 e. The lowest BCUT2D eigenvalue weighted by Gasteiger charge is -1.95. The number of benzene rings is 2. The lowest BCUT2D eigenvalue weighted by Crippen LogP contribution is -1.74. The Balaban J connectivity index is 2.31. The molecule has 0 aliphatic heterocycles. The van der Waals surface area contributed by atoms with Gasteiger partial charge in [0.2, 0.25) is 0 Å². The Morgan fingerprint density at radius 1 is 0.867 bits per heavy atom. The Bertz CT molecular complexity index is 542. The molecule has 0 saturated carbocycles. The number of aryl methyl sites for hydroxylation is 1. The van der Waals surface area contributed by atoms with Crippen LogP contribution in [0.25, 0.3) is 12.2 Å². The Kier molecular flexibility index (Phi) is 2.29. The number of rotatable bonds is 2. The van der Waals surface area contributed by atoms with E-state index in [0.717, 1.165) is 16.7 Å². The van der Waals surface area contributed by atoms with Crippen LogP contribution in [0, 0.1) is 6.92 Å². The van der Waals surface area contributed by atoms with Gasteiger partial charge in [0.1, 0.15) is 0 Å². The molecule has 0 radical (unpaired) electrons. The first-order chi connectivity index (χ1) is 8.16. The second-order valence-electron chi connectivity index (χ2n) is 3.46. The zero-order valence-electron chi connectivity index (χ0n) is 10.7. The van der Waals surface area contributed by atoms with Crippen molar-refractivity contribution >= 4 is 12.2 Å². The predicted octanol–water partition coefficient (Wildman–Crippen LogP) is 4.17. The fraction of sp³-hybridized carbons (Fsp3) is 0.0667. The summed E-state index contributed by atoms with van der Waals surface area (Å²) in [5, 5.41) is 0. The fourth-order valence-corrected chi connectivity index (χ4v) is 1.31. The van der Waals surface area contributed by atoms with E-state index >= 15 is 0 Å². The van der Waals surface area contributed by atoms with Crippen molar-refractivity contribution in [3.05, 3.63) is 71.2 Å². The molecule has 74 valence electrons. The van der Waals surface area contributed by atoms with Gasteiger partial charge < -0.3 is 0 Å². The summed E-state index contributed by atoms with van der Waals surface area (Å²) in [6, 6.07) is 14.4. The molecule has 0 aliphatic rings. The average molecular weight is 198 g/mol. The zero-order valence-corrected chi connectivity index (χ0v) is 8.70. The van der Waals surface area contributed by atoms with Crippen molar-refractivity contribution in [3.8, 4) is 0 Å². The van der Waals surface area contributed by atoms with Gasteiger partial charge in [-0.05, 0) is 18.1 Å². The number of hydrogen-bond donors (Lipinski definition) is 0. The van der Waals surface area contributed by atoms with Crippen LogP contribution < -0.4 is 0 Å². The SMILES string of the molecule is [3H]c1cc(/C=C/c2ccccc2)c([3H])cc1C. The van der Waals surface area contributed by atoms with E-state index in [4.69, 9.17) is 2.74 Å². The molecule has 0 heterocycles. The highest BCUT2D eigenvalue weighted by atomic mass is 13.9. The van der Waals surface area contributed by atoms with E-state index in [2.05, 4.69) is 0 Å². The maximum absolute atomic E-state index is 7.84. The maximum Gasteiger partial charge on any atom is 0.0629 e. The van der Waals surface area contributed by atoms with Crippen LogP contribution in [0.15, 0.2) is 54.5 Å². The highest BCUT2D eigenvalue weighted by Crippen LogP contribution is 2.08. The second-order valence-corrected chi connectivity index (χ2v) is 3.46. The minimum atomic E-state index is 0.464. The monoisotopic (exact) mass is 198 g/mol. The average Bonchev–Trinajstić information content (AvgIpc) is 2.33. The van der Waals surface area contributed by atoms with Gasteiger partial charge in [0.15, 0.2) is 0 Å². The summed E-state index contributed by atoms with van der Waals surface area (Å²) in [5.41, 5.74) is 2.72. The van der Waals surface area contributed by atoms with Gasteiger partial charge in [-0.2, -0.15) is 0 Å². The van der Waals surface area contributed by atoms with E-state index < -0.39 is 0 Å². The third-order valence-electron chi connectivity index (χ3n) is 2.17. The van der Waals surface area contributed by atoms with Crippen molar-refractivity contribution in [2.45, 2.75) is 6.92 Å². The molecule has 0 heteroatoms. The van der Waals surface area contributed by atoms with Crippen LogP contribution in [0.5, 0.6) is 0 Å². The van der Waals surface area contributed by atoms with Crippen molar-refractivity contribution < 1.29 is 2.74 Å². The van der Waals surface area contributed by atoms with E-state index in [0.29, 0.717) is 12.1 Å². The van der Waals surface area contributed by atoms with Gasteiger partial charge >= 0.3 is 0 Å². The molecule has 0 saturated heterocycles. The van der Waals surface area contributed by atoms with Crippen LogP contribution in [-0.4, -0.2) is 0 Å². The topological polar surface area (TPSA) is 0 Å². The second kappa shape index (κ2) is 4.61. The molecule has 2 aromatic carbocycles. The highest BCUT2D eigenvalue weighted by molar-refractivity contribution is 5.69. The molecular weight excluding hydrogens is 180 g/mol. The van der Waals surface area contributed by atoms with Gasteiger partial charge in [-0.25, -0.2) is 0 Å². The minimum Gasteiger partial charge on any atom is -0.0622 e. The summed E-state index contributed by atoms with van der Waals surface area (Å²) in [4.78, 5) is 0. The Labute approximate surface area is 93.7 Å². The molecule has 2 rings (SSSR count). The van der Waals surface area contributed by atoms with Gasteiger partial charge in [-0.1, -0.05) is 72.3 Å². The fourth-order valence-electron chi connectivity index (χ4n) is 1.31. The molecule has 0 unspecified atom stereocenters. The van der Waals surface area contributed by atoms with Crippen molar-refractivity contribution in [2.75, 3.05) is 0 Å². The smallest absolute Gasteiger partial charge is 0.0622 e. The molecule has 0 N–H and O–H groups in total. The summed E-state index contributed by atoms with van der Waals surface area (Å²) in [6.45, 7) is 1.85. The first-order valence-corrected chi connectivity index (χ1v) is 4.98. The standard InChI is InChI=1S/C15H14/c1-13-7-9-15(10-8-13)12-11-14-5-3-2-4-6-14/h2-12H,1H3/b12-11+/i7T,10T. The van der Waals surface area contributed by atoms with Gasteiger partial charge in [0.05, 0.1) is 2.74 Å². The first-order valence-electron chi connectivity index (χ1n) is 5.98. The van der Waals surface area contributed by atoms with Crippen molar-refractivity contribution in [3.63, 3.8) is 0 Å². The molecule has 0 aliphatic carbocycles. The van der Waals surface area contributed by atoms with Crippen molar-refractivity contribution in [2.24, 2.45) is 0 Å². The molecule has 0 fully saturated rings. The summed E-state index contributed by atoms with van der Waals surface area (Å²) in [7, 11) is 0. The van der Waals surface area contributed by atoms with Gasteiger partial charge in [0, 0.05) is 0 Å². The maximum atomic E-state index is 7.84. The Morgan fingerprint density at radius 3 is 2.40 bits per heavy atom. The molecule has 0 aromatic heterocycles. The summed E-state index contributed by atoms with van der Waals surface area (Å²) in [5.74, 6) is 0. The summed E-state index contributed by atoms with van der Waals surface area (Å²) < 4.78 is 15.6. The molecule has 0 spiro atoms. The molecule has 0 bridgehead atoms. The summed E-state index contributed by atoms with van der Waals surface area (Å²) >= 11 is 0. The third-order valence-corrected chi connectivity index (χ3v) is 2.17.